The first kappa shape index (κ1) is 20.4. The second kappa shape index (κ2) is 8.85. The third-order valence-corrected chi connectivity index (χ3v) is 7.26. The maximum absolute atomic E-state index is 14.7. The van der Waals surface area contributed by atoms with Crippen LogP contribution in [-0.2, 0) is 0 Å². The summed E-state index contributed by atoms with van der Waals surface area (Å²) in [5.74, 6) is 1.29. The lowest BCUT2D eigenvalue weighted by atomic mass is 9.63. The zero-order valence-electron chi connectivity index (χ0n) is 17.4. The lowest BCUT2D eigenvalue weighted by molar-refractivity contribution is 0.114. The Morgan fingerprint density at radius 2 is 1.83 bits per heavy atom. The van der Waals surface area contributed by atoms with Gasteiger partial charge in [-0.05, 0) is 78.9 Å². The summed E-state index contributed by atoms with van der Waals surface area (Å²) in [5.41, 5.74) is 1.16. The van der Waals surface area contributed by atoms with Crippen molar-refractivity contribution in [2.75, 3.05) is 6.61 Å². The monoisotopic (exact) mass is 398 g/mol. The molecule has 0 N–H and O–H groups in total. The fourth-order valence-electron chi connectivity index (χ4n) is 5.79. The minimum atomic E-state index is -0.908. The second-order valence-corrected chi connectivity index (χ2v) is 9.08. The van der Waals surface area contributed by atoms with E-state index in [1.807, 2.05) is 12.1 Å². The number of hydrogen-bond acceptors (Lipinski definition) is 1. The molecule has 0 aromatic heterocycles. The average molecular weight is 399 g/mol. The van der Waals surface area contributed by atoms with Gasteiger partial charge in [0.25, 0.3) is 0 Å². The van der Waals surface area contributed by atoms with E-state index in [2.05, 4.69) is 19.6 Å². The molecule has 4 rings (SSSR count). The van der Waals surface area contributed by atoms with E-state index in [1.165, 1.54) is 51.0 Å². The van der Waals surface area contributed by atoms with Gasteiger partial charge in [-0.2, -0.15) is 4.39 Å². The molecule has 0 aliphatic heterocycles. The lowest BCUT2D eigenvalue weighted by Gasteiger charge is -2.42. The molecular formula is C26H32F2O. The van der Waals surface area contributed by atoms with Crippen molar-refractivity contribution in [3.63, 3.8) is 0 Å². The highest BCUT2D eigenvalue weighted by atomic mass is 19.2. The van der Waals surface area contributed by atoms with Crippen molar-refractivity contribution < 1.29 is 13.5 Å². The minimum absolute atomic E-state index is 0.0491. The third kappa shape index (κ3) is 4.20. The van der Waals surface area contributed by atoms with Crippen LogP contribution in [0.2, 0.25) is 0 Å². The van der Waals surface area contributed by atoms with Crippen molar-refractivity contribution in [1.82, 2.24) is 0 Å². The smallest absolute Gasteiger partial charge is 0.201 e. The van der Waals surface area contributed by atoms with Crippen LogP contribution in [0.5, 0.6) is 5.75 Å². The Kier molecular flexibility index (Phi) is 6.22. The van der Waals surface area contributed by atoms with Gasteiger partial charge < -0.3 is 4.74 Å². The average Bonchev–Trinajstić information content (AvgIpc) is 2.75. The minimum Gasteiger partial charge on any atom is -0.486 e. The van der Waals surface area contributed by atoms with Crippen LogP contribution in [0.25, 0.3) is 10.8 Å². The summed E-state index contributed by atoms with van der Waals surface area (Å²) in [5, 5.41) is 1.04. The van der Waals surface area contributed by atoms with Crippen LogP contribution in [0, 0.1) is 29.4 Å². The van der Waals surface area contributed by atoms with Crippen molar-refractivity contribution in [2.45, 2.75) is 64.2 Å². The molecule has 3 heteroatoms. The number of fused-ring (bicyclic) bond motifs is 2. The molecule has 156 valence electrons. The normalized spacial score (nSPS) is 26.9. The molecule has 0 bridgehead atoms. The van der Waals surface area contributed by atoms with Gasteiger partial charge in [0.1, 0.15) is 6.61 Å². The Balaban J connectivity index is 1.53. The predicted octanol–water partition coefficient (Wildman–Crippen LogP) is 7.78. The van der Waals surface area contributed by atoms with Crippen LogP contribution in [0.15, 0.2) is 36.9 Å². The first-order valence-electron chi connectivity index (χ1n) is 11.3. The van der Waals surface area contributed by atoms with E-state index in [-0.39, 0.29) is 12.4 Å². The molecule has 0 saturated heterocycles. The van der Waals surface area contributed by atoms with E-state index in [1.54, 1.807) is 6.07 Å². The number of halogens is 2. The first-order chi connectivity index (χ1) is 14.1. The Morgan fingerprint density at radius 1 is 1.03 bits per heavy atom. The fourth-order valence-corrected chi connectivity index (χ4v) is 5.79. The molecule has 1 nitrogen and oxygen atoms in total. The number of ether oxygens (including phenoxy) is 1. The third-order valence-electron chi connectivity index (χ3n) is 7.26. The molecule has 2 aromatic carbocycles. The Hall–Kier alpha value is -1.90. The standard InChI is InChI=1S/C26H32F2O/c1-3-5-17-6-7-19-14-20(9-8-18(19)13-17)21-10-11-22-16-24(29-12-4-2)26(28)25(27)23(22)15-21/h4,10-11,15-20H,2-3,5-9,12-14H2,1H3/t17?,18-,19?,20-/m1/s1. The second-order valence-electron chi connectivity index (χ2n) is 9.08. The zero-order valence-corrected chi connectivity index (χ0v) is 17.4. The van der Waals surface area contributed by atoms with Crippen LogP contribution >= 0.6 is 0 Å². The topological polar surface area (TPSA) is 9.23 Å². The maximum atomic E-state index is 14.7. The molecule has 0 radical (unpaired) electrons. The molecule has 2 aliphatic carbocycles. The van der Waals surface area contributed by atoms with Gasteiger partial charge in [-0.25, -0.2) is 4.39 Å². The Labute approximate surface area is 173 Å². The maximum Gasteiger partial charge on any atom is 0.201 e. The molecule has 2 saturated carbocycles. The molecule has 2 fully saturated rings. The molecule has 4 atom stereocenters. The zero-order chi connectivity index (χ0) is 20.4. The molecule has 0 heterocycles. The van der Waals surface area contributed by atoms with E-state index in [0.29, 0.717) is 16.7 Å². The van der Waals surface area contributed by atoms with E-state index >= 15 is 0 Å². The van der Waals surface area contributed by atoms with Crippen molar-refractivity contribution in [1.29, 1.82) is 0 Å². The summed E-state index contributed by atoms with van der Waals surface area (Å²) in [6.07, 6.45) is 11.9. The SMILES string of the molecule is C=CCOc1cc2ccc([C@@H]3CC[C@@H]4CC(CCC)CCC4C3)cc2c(F)c1F. The molecular weight excluding hydrogens is 366 g/mol. The highest BCUT2D eigenvalue weighted by molar-refractivity contribution is 5.85. The van der Waals surface area contributed by atoms with Crippen LogP contribution in [0.4, 0.5) is 8.78 Å². The van der Waals surface area contributed by atoms with Gasteiger partial charge in [-0.15, -0.1) is 0 Å². The van der Waals surface area contributed by atoms with Crippen LogP contribution in [0.3, 0.4) is 0 Å². The van der Waals surface area contributed by atoms with Gasteiger partial charge in [-0.3, -0.25) is 0 Å². The van der Waals surface area contributed by atoms with Crippen molar-refractivity contribution in [2.24, 2.45) is 17.8 Å². The summed E-state index contributed by atoms with van der Waals surface area (Å²) < 4.78 is 34.4. The van der Waals surface area contributed by atoms with Crippen LogP contribution in [0.1, 0.15) is 69.8 Å². The quantitative estimate of drug-likeness (QED) is 0.451. The summed E-state index contributed by atoms with van der Waals surface area (Å²) in [4.78, 5) is 0. The van der Waals surface area contributed by atoms with E-state index in [4.69, 9.17) is 4.74 Å². The van der Waals surface area contributed by atoms with Crippen LogP contribution < -0.4 is 4.74 Å². The Morgan fingerprint density at radius 3 is 2.62 bits per heavy atom. The number of hydrogen-bond donors (Lipinski definition) is 0. The lowest BCUT2D eigenvalue weighted by Crippen LogP contribution is -2.30. The fraction of sp³-hybridized carbons (Fsp3) is 0.538. The highest BCUT2D eigenvalue weighted by Gasteiger charge is 2.35. The largest absolute Gasteiger partial charge is 0.486 e. The molecule has 2 aliphatic rings. The van der Waals surface area contributed by atoms with Gasteiger partial charge in [0, 0.05) is 5.39 Å². The molecule has 29 heavy (non-hydrogen) atoms. The van der Waals surface area contributed by atoms with E-state index in [0.717, 1.165) is 29.7 Å². The molecule has 0 spiro atoms. The van der Waals surface area contributed by atoms with Crippen molar-refractivity contribution >= 4 is 10.8 Å². The van der Waals surface area contributed by atoms with Crippen molar-refractivity contribution in [3.8, 4) is 5.75 Å². The molecule has 2 unspecified atom stereocenters. The van der Waals surface area contributed by atoms with Gasteiger partial charge in [0.15, 0.2) is 11.6 Å². The summed E-state index contributed by atoms with van der Waals surface area (Å²) in [6.45, 7) is 6.00. The summed E-state index contributed by atoms with van der Waals surface area (Å²) in [6, 6.07) is 7.48. The van der Waals surface area contributed by atoms with E-state index in [9.17, 15) is 8.78 Å². The molecule has 0 amide bonds. The summed E-state index contributed by atoms with van der Waals surface area (Å²) in [7, 11) is 0. The van der Waals surface area contributed by atoms with E-state index < -0.39 is 11.6 Å². The van der Waals surface area contributed by atoms with Gasteiger partial charge in [0.05, 0.1) is 0 Å². The van der Waals surface area contributed by atoms with Crippen molar-refractivity contribution in [3.05, 3.63) is 54.1 Å². The summed E-state index contributed by atoms with van der Waals surface area (Å²) >= 11 is 0. The highest BCUT2D eigenvalue weighted by Crippen LogP contribution is 2.48. The Bertz CT molecular complexity index is 875. The van der Waals surface area contributed by atoms with Crippen LogP contribution in [-0.4, -0.2) is 6.61 Å². The number of rotatable bonds is 6. The predicted molar refractivity (Wildman–Crippen MR) is 115 cm³/mol. The van der Waals surface area contributed by atoms with Gasteiger partial charge >= 0.3 is 0 Å². The molecule has 2 aromatic rings. The number of benzene rings is 2. The van der Waals surface area contributed by atoms with Gasteiger partial charge in [-0.1, -0.05) is 51.0 Å². The van der Waals surface area contributed by atoms with Gasteiger partial charge in [0.2, 0.25) is 5.82 Å². The first-order valence-corrected chi connectivity index (χ1v) is 11.3.